The number of carbonyl (C=O) groups is 3. The molecule has 0 aliphatic carbocycles. The minimum absolute atomic E-state index is 0.190. The van der Waals surface area contributed by atoms with Gasteiger partial charge in [0, 0.05) is 12.5 Å². The number of hydrogen-bond acceptors (Lipinski definition) is 6. The summed E-state index contributed by atoms with van der Waals surface area (Å²) in [6.45, 7) is 5.84. The summed E-state index contributed by atoms with van der Waals surface area (Å²) in [4.78, 5) is 47.0. The van der Waals surface area contributed by atoms with E-state index in [-0.39, 0.29) is 12.5 Å². The minimum Gasteiger partial charge on any atom is -0.459 e. The van der Waals surface area contributed by atoms with Crippen molar-refractivity contribution in [1.82, 2.24) is 0 Å². The number of Topliss-reactive ketones (excluding diaryl/α,β-unsaturated/α-hetero) is 2. The van der Waals surface area contributed by atoms with E-state index in [9.17, 15) is 37.7 Å². The van der Waals surface area contributed by atoms with Crippen molar-refractivity contribution in [3.63, 3.8) is 0 Å². The van der Waals surface area contributed by atoms with Gasteiger partial charge in [-0.1, -0.05) is 6.92 Å². The predicted molar refractivity (Wildman–Crippen MR) is 87.1 cm³/mol. The highest BCUT2D eigenvalue weighted by Gasteiger charge is 2.41. The van der Waals surface area contributed by atoms with E-state index in [2.05, 4.69) is 0 Å². The van der Waals surface area contributed by atoms with Crippen LogP contribution in [0.15, 0.2) is 18.2 Å². The van der Waals surface area contributed by atoms with E-state index in [1.807, 2.05) is 0 Å². The maximum atomic E-state index is 12.8. The van der Waals surface area contributed by atoms with E-state index in [0.717, 1.165) is 0 Å². The largest absolute Gasteiger partial charge is 0.459 e. The minimum atomic E-state index is -4.86. The summed E-state index contributed by atoms with van der Waals surface area (Å²) in [6, 6.07) is 1.25. The Kier molecular flexibility index (Phi) is 6.47. The van der Waals surface area contributed by atoms with Crippen LogP contribution >= 0.6 is 0 Å². The van der Waals surface area contributed by atoms with Gasteiger partial charge in [0.05, 0.1) is 16.1 Å². The zero-order valence-corrected chi connectivity index (χ0v) is 15.0. The molecule has 10 heteroatoms. The quantitative estimate of drug-likeness (QED) is 0.241. The number of benzene rings is 1. The molecule has 0 saturated heterocycles. The topological polar surface area (TPSA) is 104 Å². The van der Waals surface area contributed by atoms with Gasteiger partial charge in [0.2, 0.25) is 0 Å². The Labute approximate surface area is 152 Å². The molecule has 1 aromatic carbocycles. The van der Waals surface area contributed by atoms with E-state index in [1.165, 1.54) is 27.7 Å². The summed E-state index contributed by atoms with van der Waals surface area (Å²) in [5.74, 6) is -5.35. The van der Waals surface area contributed by atoms with E-state index in [0.29, 0.717) is 12.1 Å². The standard InChI is InChI=1S/C17H18F3NO6/c1-5-12(22)13(15(24)27-16(2,3)4)14(23)10-7-6-9(17(18,19)20)8-11(10)21(25)26/h6-8,13H,5H2,1-4H3. The third-order valence-corrected chi connectivity index (χ3v) is 3.36. The van der Waals surface area contributed by atoms with Crippen LogP contribution < -0.4 is 0 Å². The highest BCUT2D eigenvalue weighted by molar-refractivity contribution is 6.23. The Bertz CT molecular complexity index is 780. The first-order valence-corrected chi connectivity index (χ1v) is 7.84. The summed E-state index contributed by atoms with van der Waals surface area (Å²) >= 11 is 0. The molecule has 0 saturated carbocycles. The van der Waals surface area contributed by atoms with Gasteiger partial charge in [-0.25, -0.2) is 0 Å². The van der Waals surface area contributed by atoms with Crippen molar-refractivity contribution in [1.29, 1.82) is 0 Å². The third kappa shape index (κ3) is 5.60. The van der Waals surface area contributed by atoms with Gasteiger partial charge in [-0.15, -0.1) is 0 Å². The Hall–Kier alpha value is -2.78. The number of halogens is 3. The predicted octanol–water partition coefficient (Wildman–Crippen LogP) is 3.73. The number of nitrogens with zero attached hydrogens (tertiary/aromatic N) is 1. The molecule has 0 aliphatic rings. The molecule has 0 heterocycles. The van der Waals surface area contributed by atoms with Gasteiger partial charge in [-0.05, 0) is 32.9 Å². The lowest BCUT2D eigenvalue weighted by atomic mass is 9.90. The van der Waals surface area contributed by atoms with Gasteiger partial charge in [0.15, 0.2) is 17.5 Å². The lowest BCUT2D eigenvalue weighted by Gasteiger charge is -2.22. The number of nitro groups is 1. The van der Waals surface area contributed by atoms with Crippen LogP contribution in [0.1, 0.15) is 50.0 Å². The maximum absolute atomic E-state index is 12.8. The number of carbonyl (C=O) groups excluding carboxylic acids is 3. The van der Waals surface area contributed by atoms with Crippen molar-refractivity contribution < 1.29 is 37.2 Å². The molecule has 1 atom stereocenters. The van der Waals surface area contributed by atoms with Crippen LogP contribution in [-0.2, 0) is 20.5 Å². The van der Waals surface area contributed by atoms with E-state index < -0.39 is 57.0 Å². The first-order valence-electron chi connectivity index (χ1n) is 7.84. The van der Waals surface area contributed by atoms with Crippen molar-refractivity contribution in [2.24, 2.45) is 5.92 Å². The Morgan fingerprint density at radius 2 is 1.74 bits per heavy atom. The summed E-state index contributed by atoms with van der Waals surface area (Å²) in [6.07, 6.45) is -5.11. The average molecular weight is 389 g/mol. The number of rotatable bonds is 6. The number of nitro benzene ring substituents is 1. The van der Waals surface area contributed by atoms with Crippen LogP contribution in [0.25, 0.3) is 0 Å². The fourth-order valence-corrected chi connectivity index (χ4v) is 2.17. The van der Waals surface area contributed by atoms with Gasteiger partial charge >= 0.3 is 12.1 Å². The SMILES string of the molecule is CCC(=O)C(C(=O)OC(C)(C)C)C(=O)c1ccc(C(F)(F)F)cc1[N+](=O)[O-]. The van der Waals surface area contributed by atoms with Gasteiger partial charge in [0.1, 0.15) is 5.60 Å². The number of esters is 1. The van der Waals surface area contributed by atoms with Crippen LogP contribution in [0.4, 0.5) is 18.9 Å². The molecule has 0 aliphatic heterocycles. The Morgan fingerprint density at radius 1 is 1.19 bits per heavy atom. The highest BCUT2D eigenvalue weighted by Crippen LogP contribution is 2.34. The molecule has 27 heavy (non-hydrogen) atoms. The van der Waals surface area contributed by atoms with E-state index >= 15 is 0 Å². The second-order valence-electron chi connectivity index (χ2n) is 6.64. The number of ketones is 2. The molecule has 0 aromatic heterocycles. The highest BCUT2D eigenvalue weighted by atomic mass is 19.4. The fourth-order valence-electron chi connectivity index (χ4n) is 2.17. The van der Waals surface area contributed by atoms with Crippen LogP contribution in [0.3, 0.4) is 0 Å². The molecule has 148 valence electrons. The Morgan fingerprint density at radius 3 is 2.15 bits per heavy atom. The van der Waals surface area contributed by atoms with Gasteiger partial charge in [0.25, 0.3) is 5.69 Å². The van der Waals surface area contributed by atoms with E-state index in [1.54, 1.807) is 0 Å². The third-order valence-electron chi connectivity index (χ3n) is 3.36. The molecular formula is C17H18F3NO6. The summed E-state index contributed by atoms with van der Waals surface area (Å²) in [5, 5.41) is 11.2. The van der Waals surface area contributed by atoms with Gasteiger partial charge in [-0.2, -0.15) is 13.2 Å². The first kappa shape index (κ1) is 22.3. The lowest BCUT2D eigenvalue weighted by molar-refractivity contribution is -0.385. The van der Waals surface area contributed by atoms with Crippen LogP contribution in [0.2, 0.25) is 0 Å². The molecule has 0 spiro atoms. The number of alkyl halides is 3. The lowest BCUT2D eigenvalue weighted by Crippen LogP contribution is -2.37. The molecule has 0 bridgehead atoms. The van der Waals surface area contributed by atoms with Crippen molar-refractivity contribution >= 4 is 23.2 Å². The molecule has 0 radical (unpaired) electrons. The number of ether oxygens (including phenoxy) is 1. The second-order valence-corrected chi connectivity index (χ2v) is 6.64. The second kappa shape index (κ2) is 7.85. The molecule has 7 nitrogen and oxygen atoms in total. The smallest absolute Gasteiger partial charge is 0.416 e. The van der Waals surface area contributed by atoms with Crippen molar-refractivity contribution in [3.8, 4) is 0 Å². The molecule has 1 rings (SSSR count). The zero-order chi connectivity index (χ0) is 21.2. The van der Waals surface area contributed by atoms with Crippen LogP contribution in [0.5, 0.6) is 0 Å². The Balaban J connectivity index is 3.47. The molecule has 1 unspecified atom stereocenters. The van der Waals surface area contributed by atoms with Crippen molar-refractivity contribution in [2.45, 2.75) is 45.9 Å². The van der Waals surface area contributed by atoms with Gasteiger partial charge in [-0.3, -0.25) is 24.5 Å². The maximum Gasteiger partial charge on any atom is 0.416 e. The fraction of sp³-hybridized carbons (Fsp3) is 0.471. The molecular weight excluding hydrogens is 371 g/mol. The van der Waals surface area contributed by atoms with Crippen molar-refractivity contribution in [3.05, 3.63) is 39.4 Å². The number of hydrogen-bond donors (Lipinski definition) is 0. The first-order chi connectivity index (χ1) is 12.2. The molecule has 0 fully saturated rings. The monoisotopic (exact) mass is 389 g/mol. The zero-order valence-electron chi connectivity index (χ0n) is 15.0. The summed E-state index contributed by atoms with van der Waals surface area (Å²) < 4.78 is 43.4. The van der Waals surface area contributed by atoms with E-state index in [4.69, 9.17) is 4.74 Å². The van der Waals surface area contributed by atoms with Crippen LogP contribution in [-0.4, -0.2) is 28.1 Å². The van der Waals surface area contributed by atoms with Crippen molar-refractivity contribution in [2.75, 3.05) is 0 Å². The van der Waals surface area contributed by atoms with Crippen LogP contribution in [0, 0.1) is 16.0 Å². The molecule has 0 N–H and O–H groups in total. The molecule has 0 amide bonds. The normalized spacial score (nSPS) is 13.0. The van der Waals surface area contributed by atoms with Gasteiger partial charge < -0.3 is 4.74 Å². The average Bonchev–Trinajstić information content (AvgIpc) is 2.51. The summed E-state index contributed by atoms with van der Waals surface area (Å²) in [5.41, 5.74) is -4.30. The molecule has 1 aromatic rings. The summed E-state index contributed by atoms with van der Waals surface area (Å²) in [7, 11) is 0.